The summed E-state index contributed by atoms with van der Waals surface area (Å²) in [5, 5.41) is 5.13. The van der Waals surface area contributed by atoms with Crippen LogP contribution in [0, 0.1) is 13.8 Å². The molecule has 0 bridgehead atoms. The molecule has 1 aromatic heterocycles. The summed E-state index contributed by atoms with van der Waals surface area (Å²) in [4.78, 5) is 0. The van der Waals surface area contributed by atoms with Gasteiger partial charge in [-0.3, -0.25) is 0 Å². The zero-order chi connectivity index (χ0) is 14.0. The summed E-state index contributed by atoms with van der Waals surface area (Å²) in [6.07, 6.45) is 3.67. The predicted molar refractivity (Wildman–Crippen MR) is 80.0 cm³/mol. The number of nitrogens with two attached hydrogens (primary N) is 1. The molecule has 2 N–H and O–H groups in total. The summed E-state index contributed by atoms with van der Waals surface area (Å²) in [7, 11) is 0. The van der Waals surface area contributed by atoms with Gasteiger partial charge in [-0.25, -0.2) is 4.68 Å². The number of hydrogen-bond donors (Lipinski definition) is 1. The molecule has 3 nitrogen and oxygen atoms in total. The lowest BCUT2D eigenvalue weighted by atomic mass is 10.0. The van der Waals surface area contributed by atoms with Gasteiger partial charge in [-0.2, -0.15) is 5.10 Å². The number of aromatic nitrogens is 2. The molecule has 1 unspecified atom stereocenters. The zero-order valence-electron chi connectivity index (χ0n) is 11.7. The van der Waals surface area contributed by atoms with E-state index in [-0.39, 0.29) is 6.04 Å². The van der Waals surface area contributed by atoms with Crippen LogP contribution in [0.15, 0.2) is 24.4 Å². The van der Waals surface area contributed by atoms with E-state index in [0.29, 0.717) is 5.02 Å². The Bertz CT molecular complexity index is 555. The fraction of sp³-hybridized carbons (Fsp3) is 0.400. The second-order valence-electron chi connectivity index (χ2n) is 5.01. The average Bonchev–Trinajstić information content (AvgIpc) is 2.69. The molecule has 2 aromatic rings. The van der Waals surface area contributed by atoms with Crippen LogP contribution in [0.4, 0.5) is 0 Å². The number of hydrogen-bond acceptors (Lipinski definition) is 2. The third kappa shape index (κ3) is 3.17. The molecule has 0 aliphatic heterocycles. The molecule has 0 spiro atoms. The number of aryl methyl sites for hydroxylation is 2. The highest BCUT2D eigenvalue weighted by Gasteiger charge is 2.11. The van der Waals surface area contributed by atoms with E-state index in [4.69, 9.17) is 17.3 Å². The van der Waals surface area contributed by atoms with E-state index in [1.807, 2.05) is 17.8 Å². The van der Waals surface area contributed by atoms with E-state index in [9.17, 15) is 0 Å². The van der Waals surface area contributed by atoms with Gasteiger partial charge in [0, 0.05) is 12.2 Å². The van der Waals surface area contributed by atoms with Crippen LogP contribution in [0.1, 0.15) is 30.2 Å². The van der Waals surface area contributed by atoms with Gasteiger partial charge in [-0.05, 0) is 38.3 Å². The van der Waals surface area contributed by atoms with Crippen molar-refractivity contribution in [3.63, 3.8) is 0 Å². The smallest absolute Gasteiger partial charge is 0.0819 e. The quantitative estimate of drug-likeness (QED) is 0.931. The minimum atomic E-state index is 0.174. The van der Waals surface area contributed by atoms with Gasteiger partial charge in [0.1, 0.15) is 0 Å². The highest BCUT2D eigenvalue weighted by Crippen LogP contribution is 2.21. The molecular weight excluding hydrogens is 258 g/mol. The Hall–Kier alpha value is -1.32. The first-order chi connectivity index (χ1) is 9.01. The first-order valence-electron chi connectivity index (χ1n) is 6.58. The molecule has 4 heteroatoms. The topological polar surface area (TPSA) is 43.8 Å². The van der Waals surface area contributed by atoms with Crippen molar-refractivity contribution >= 4 is 11.6 Å². The van der Waals surface area contributed by atoms with Crippen molar-refractivity contribution in [1.82, 2.24) is 9.78 Å². The fourth-order valence-corrected chi connectivity index (χ4v) is 2.22. The van der Waals surface area contributed by atoms with E-state index >= 15 is 0 Å². The Kier molecular flexibility index (Phi) is 4.27. The normalized spacial score (nSPS) is 12.7. The molecule has 0 saturated carbocycles. The molecule has 0 radical (unpaired) electrons. The predicted octanol–water partition coefficient (Wildman–Crippen LogP) is 3.42. The SMILES string of the molecule is CCC(N)Cc1cc(C)ccc1-n1cc(Cl)c(C)n1. The maximum absolute atomic E-state index is 6.09. The molecule has 0 saturated heterocycles. The molecule has 0 aliphatic carbocycles. The van der Waals surface area contributed by atoms with Crippen LogP contribution < -0.4 is 5.73 Å². The second-order valence-corrected chi connectivity index (χ2v) is 5.42. The summed E-state index contributed by atoms with van der Waals surface area (Å²) in [6.45, 7) is 6.10. The third-order valence-corrected chi connectivity index (χ3v) is 3.70. The molecule has 0 fully saturated rings. The van der Waals surface area contributed by atoms with Gasteiger partial charge in [-0.1, -0.05) is 36.2 Å². The van der Waals surface area contributed by atoms with Crippen molar-refractivity contribution in [2.75, 3.05) is 0 Å². The standard InChI is InChI=1S/C15H20ClN3/c1-4-13(17)8-12-7-10(2)5-6-15(12)19-9-14(16)11(3)18-19/h5-7,9,13H,4,8,17H2,1-3H3. The Balaban J connectivity index is 2.44. The Morgan fingerprint density at radius 3 is 2.68 bits per heavy atom. The van der Waals surface area contributed by atoms with Crippen LogP contribution in [-0.2, 0) is 6.42 Å². The van der Waals surface area contributed by atoms with E-state index in [1.54, 1.807) is 0 Å². The van der Waals surface area contributed by atoms with Crippen LogP contribution in [0.25, 0.3) is 5.69 Å². The Morgan fingerprint density at radius 1 is 1.37 bits per heavy atom. The minimum Gasteiger partial charge on any atom is -0.327 e. The van der Waals surface area contributed by atoms with Crippen LogP contribution in [0.5, 0.6) is 0 Å². The molecule has 1 heterocycles. The first-order valence-corrected chi connectivity index (χ1v) is 6.96. The summed E-state index contributed by atoms with van der Waals surface area (Å²) in [5.74, 6) is 0. The molecule has 102 valence electrons. The van der Waals surface area contributed by atoms with Gasteiger partial charge < -0.3 is 5.73 Å². The zero-order valence-corrected chi connectivity index (χ0v) is 12.4. The molecule has 0 amide bonds. The van der Waals surface area contributed by atoms with Crippen LogP contribution >= 0.6 is 11.6 Å². The summed E-state index contributed by atoms with van der Waals surface area (Å²) >= 11 is 6.09. The average molecular weight is 278 g/mol. The molecular formula is C15H20ClN3. The molecule has 2 rings (SSSR count). The van der Waals surface area contributed by atoms with Crippen LogP contribution in [0.3, 0.4) is 0 Å². The van der Waals surface area contributed by atoms with Gasteiger partial charge >= 0.3 is 0 Å². The maximum Gasteiger partial charge on any atom is 0.0819 e. The monoisotopic (exact) mass is 277 g/mol. The van der Waals surface area contributed by atoms with Gasteiger partial charge in [0.15, 0.2) is 0 Å². The summed E-state index contributed by atoms with van der Waals surface area (Å²) in [6, 6.07) is 6.51. The summed E-state index contributed by atoms with van der Waals surface area (Å²) < 4.78 is 1.84. The Labute approximate surface area is 119 Å². The van der Waals surface area contributed by atoms with Gasteiger partial charge in [0.25, 0.3) is 0 Å². The number of rotatable bonds is 4. The molecule has 0 aliphatic rings. The highest BCUT2D eigenvalue weighted by molar-refractivity contribution is 6.31. The van der Waals surface area contributed by atoms with Crippen LogP contribution in [-0.4, -0.2) is 15.8 Å². The lowest BCUT2D eigenvalue weighted by Crippen LogP contribution is -2.22. The van der Waals surface area contributed by atoms with Crippen molar-refractivity contribution in [3.05, 3.63) is 46.2 Å². The van der Waals surface area contributed by atoms with Crippen molar-refractivity contribution < 1.29 is 0 Å². The van der Waals surface area contributed by atoms with Gasteiger partial charge in [-0.15, -0.1) is 0 Å². The number of nitrogens with zero attached hydrogens (tertiary/aromatic N) is 2. The van der Waals surface area contributed by atoms with Crippen molar-refractivity contribution in [2.45, 2.75) is 39.7 Å². The third-order valence-electron chi connectivity index (χ3n) is 3.33. The maximum atomic E-state index is 6.09. The van der Waals surface area contributed by atoms with Crippen molar-refractivity contribution in [2.24, 2.45) is 5.73 Å². The van der Waals surface area contributed by atoms with Crippen molar-refractivity contribution in [1.29, 1.82) is 0 Å². The first kappa shape index (κ1) is 14.1. The Morgan fingerprint density at radius 2 is 2.11 bits per heavy atom. The van der Waals surface area contributed by atoms with E-state index in [0.717, 1.165) is 24.2 Å². The van der Waals surface area contributed by atoms with Crippen molar-refractivity contribution in [3.8, 4) is 5.69 Å². The van der Waals surface area contributed by atoms with Gasteiger partial charge in [0.05, 0.1) is 16.4 Å². The summed E-state index contributed by atoms with van der Waals surface area (Å²) in [5.41, 5.74) is 10.4. The second kappa shape index (κ2) is 5.76. The number of halogens is 1. The molecule has 1 atom stereocenters. The number of benzene rings is 1. The van der Waals surface area contributed by atoms with Gasteiger partial charge in [0.2, 0.25) is 0 Å². The fourth-order valence-electron chi connectivity index (χ4n) is 2.09. The molecule has 19 heavy (non-hydrogen) atoms. The van der Waals surface area contributed by atoms with E-state index < -0.39 is 0 Å². The highest BCUT2D eigenvalue weighted by atomic mass is 35.5. The van der Waals surface area contributed by atoms with Crippen LogP contribution in [0.2, 0.25) is 5.02 Å². The lowest BCUT2D eigenvalue weighted by molar-refractivity contribution is 0.642. The largest absolute Gasteiger partial charge is 0.327 e. The lowest BCUT2D eigenvalue weighted by Gasteiger charge is -2.14. The minimum absolute atomic E-state index is 0.174. The van der Waals surface area contributed by atoms with E-state index in [1.165, 1.54) is 11.1 Å². The van der Waals surface area contributed by atoms with E-state index in [2.05, 4.69) is 37.1 Å². The molecule has 1 aromatic carbocycles.